The zero-order valence-corrected chi connectivity index (χ0v) is 43.2. The third-order valence-electron chi connectivity index (χ3n) is 14.1. The average Bonchev–Trinajstić information content (AvgIpc) is 3.77. The van der Waals surface area contributed by atoms with Crippen molar-refractivity contribution in [3.8, 4) is 89.7 Å². The number of nitrogens with zero attached hydrogens (tertiary/aromatic N) is 3. The predicted molar refractivity (Wildman–Crippen MR) is 304 cm³/mol. The number of fused-ring (bicyclic) bond motifs is 1. The highest BCUT2D eigenvalue weighted by atomic mass is 16.3. The summed E-state index contributed by atoms with van der Waals surface area (Å²) in [7, 11) is 0. The molecule has 0 aliphatic heterocycles. The summed E-state index contributed by atoms with van der Waals surface area (Å²) in [6, 6.07) is 63.3. The number of pyridine rings is 1. The molecule has 0 amide bonds. The first kappa shape index (κ1) is 44.1. The highest BCUT2D eigenvalue weighted by Gasteiger charge is 2.26. The maximum absolute atomic E-state index is 12.6. The van der Waals surface area contributed by atoms with E-state index in [-0.39, 0.29) is 11.2 Å². The fourth-order valence-electron chi connectivity index (χ4n) is 9.91. The molecule has 72 heavy (non-hydrogen) atoms. The van der Waals surface area contributed by atoms with Crippen LogP contribution in [0.5, 0.6) is 5.75 Å². The van der Waals surface area contributed by atoms with Gasteiger partial charge < -0.3 is 5.11 Å². The second-order valence-electron chi connectivity index (χ2n) is 20.9. The minimum atomic E-state index is -1.20. The number of aromatic hydroxyl groups is 1. The SMILES string of the molecule is [2H]C(C)(C)c1ccc(-c2ccnc(-c3cc(-c4ccccc4)cc(-c4cccc5c4nc(-c4cc(C([2H])(C)C)cc(C([2H])(C)C)c4O)n5-c4cc(-c5ccccc5)c(C)cc4-c4ccc(C(C)(C)C)cc4)c3)c2)cc1. The summed E-state index contributed by atoms with van der Waals surface area (Å²) in [5, 5.41) is 12.6. The quantitative estimate of drug-likeness (QED) is 0.141. The fourth-order valence-corrected chi connectivity index (χ4v) is 9.91. The van der Waals surface area contributed by atoms with Gasteiger partial charge in [0.2, 0.25) is 0 Å². The summed E-state index contributed by atoms with van der Waals surface area (Å²) in [5.74, 6) is -2.50. The standard InChI is InChI=1S/C68H65N3O/c1-42(2)46-24-26-48(27-25-46)51-32-33-69-62(40-51)55-36-53(47-18-13-11-14-19-47)35-54(37-55)57-22-17-23-63-65(57)70-67(61-39-52(43(3)4)38-58(44(5)6)66(61)72)71(63)64-41-59(49-20-15-12-16-21-49)45(7)34-60(64)50-28-30-56(31-29-50)68(8,9)10/h11-44,72H,1-10H3/i42D,43D,44D. The summed E-state index contributed by atoms with van der Waals surface area (Å²) < 4.78 is 29.4. The molecule has 10 rings (SSSR count). The third kappa shape index (κ3) is 9.30. The number of imidazole rings is 1. The number of phenolic OH excluding ortho intramolecular Hbond substituents is 1. The van der Waals surface area contributed by atoms with Crippen molar-refractivity contribution in [2.75, 3.05) is 0 Å². The molecular weight excluding hydrogens is 875 g/mol. The largest absolute Gasteiger partial charge is 0.507 e. The number of phenols is 1. The van der Waals surface area contributed by atoms with E-state index in [0.29, 0.717) is 22.5 Å². The number of hydrogen-bond donors (Lipinski definition) is 1. The van der Waals surface area contributed by atoms with E-state index < -0.39 is 17.7 Å². The molecule has 0 spiro atoms. The minimum Gasteiger partial charge on any atom is -0.507 e. The Morgan fingerprint density at radius 1 is 0.486 bits per heavy atom. The van der Waals surface area contributed by atoms with Crippen LogP contribution in [0.4, 0.5) is 0 Å². The van der Waals surface area contributed by atoms with E-state index in [1.54, 1.807) is 13.8 Å². The van der Waals surface area contributed by atoms with Crippen LogP contribution >= 0.6 is 0 Å². The maximum Gasteiger partial charge on any atom is 0.149 e. The molecule has 0 unspecified atom stereocenters. The molecule has 2 aromatic heterocycles. The topological polar surface area (TPSA) is 50.9 Å². The van der Waals surface area contributed by atoms with E-state index in [4.69, 9.17) is 11.3 Å². The Morgan fingerprint density at radius 3 is 1.75 bits per heavy atom. The van der Waals surface area contributed by atoms with Gasteiger partial charge in [-0.2, -0.15) is 0 Å². The van der Waals surface area contributed by atoms with Gasteiger partial charge in [0.25, 0.3) is 0 Å². The van der Waals surface area contributed by atoms with Crippen molar-refractivity contribution < 1.29 is 9.22 Å². The molecule has 0 fully saturated rings. The number of rotatable bonds is 11. The summed E-state index contributed by atoms with van der Waals surface area (Å²) in [6.07, 6.45) is 1.86. The third-order valence-corrected chi connectivity index (χ3v) is 14.1. The van der Waals surface area contributed by atoms with E-state index in [2.05, 4.69) is 172 Å². The van der Waals surface area contributed by atoms with Crippen molar-refractivity contribution in [3.63, 3.8) is 0 Å². The van der Waals surface area contributed by atoms with Crippen LogP contribution < -0.4 is 0 Å². The maximum atomic E-state index is 12.6. The molecule has 0 radical (unpaired) electrons. The van der Waals surface area contributed by atoms with Crippen LogP contribution in [0, 0.1) is 6.92 Å². The smallest absolute Gasteiger partial charge is 0.149 e. The van der Waals surface area contributed by atoms with E-state index in [1.807, 2.05) is 76.4 Å². The van der Waals surface area contributed by atoms with E-state index in [9.17, 15) is 7.85 Å². The first-order valence-electron chi connectivity index (χ1n) is 26.5. The van der Waals surface area contributed by atoms with Crippen LogP contribution in [-0.2, 0) is 5.41 Å². The van der Waals surface area contributed by atoms with Gasteiger partial charge in [-0.25, -0.2) is 4.98 Å². The lowest BCUT2D eigenvalue weighted by Gasteiger charge is -2.22. The lowest BCUT2D eigenvalue weighted by atomic mass is 9.85. The van der Waals surface area contributed by atoms with Crippen molar-refractivity contribution in [1.29, 1.82) is 0 Å². The van der Waals surface area contributed by atoms with Gasteiger partial charge in [-0.05, 0) is 157 Å². The molecule has 0 atom stereocenters. The first-order chi connectivity index (χ1) is 35.5. The molecule has 4 heteroatoms. The average molecular weight is 943 g/mol. The van der Waals surface area contributed by atoms with Crippen LogP contribution in [0.25, 0.3) is 95.0 Å². The molecule has 0 aliphatic carbocycles. The van der Waals surface area contributed by atoms with Gasteiger partial charge in [-0.3, -0.25) is 9.55 Å². The first-order valence-corrected chi connectivity index (χ1v) is 25.0. The van der Waals surface area contributed by atoms with Crippen molar-refractivity contribution >= 4 is 11.0 Å². The number of para-hydroxylation sites is 1. The molecule has 1 N–H and O–H groups in total. The number of aromatic nitrogens is 3. The zero-order chi connectivity index (χ0) is 53.2. The summed E-state index contributed by atoms with van der Waals surface area (Å²) in [4.78, 5) is 10.7. The van der Waals surface area contributed by atoms with Crippen LogP contribution in [0.15, 0.2) is 188 Å². The molecule has 10 aromatic rings. The monoisotopic (exact) mass is 943 g/mol. The Kier molecular flexibility index (Phi) is 11.9. The van der Waals surface area contributed by atoms with Gasteiger partial charge >= 0.3 is 0 Å². The normalized spacial score (nSPS) is 12.9. The molecule has 358 valence electrons. The van der Waals surface area contributed by atoms with Gasteiger partial charge in [-0.1, -0.05) is 190 Å². The van der Waals surface area contributed by atoms with Crippen molar-refractivity contribution in [2.24, 2.45) is 0 Å². The van der Waals surface area contributed by atoms with Crippen molar-refractivity contribution in [1.82, 2.24) is 14.5 Å². The molecule has 0 bridgehead atoms. The van der Waals surface area contributed by atoms with Gasteiger partial charge in [0, 0.05) is 27.0 Å². The zero-order valence-electron chi connectivity index (χ0n) is 46.2. The highest BCUT2D eigenvalue weighted by molar-refractivity contribution is 5.99. The van der Waals surface area contributed by atoms with Crippen molar-refractivity contribution in [3.05, 3.63) is 216 Å². The molecule has 8 aromatic carbocycles. The second-order valence-corrected chi connectivity index (χ2v) is 20.9. The second kappa shape index (κ2) is 19.4. The van der Waals surface area contributed by atoms with Gasteiger partial charge in [-0.15, -0.1) is 0 Å². The molecule has 2 heterocycles. The molecule has 0 saturated heterocycles. The van der Waals surface area contributed by atoms with Gasteiger partial charge in [0.15, 0.2) is 0 Å². The number of hydrogen-bond acceptors (Lipinski definition) is 3. The molecule has 4 nitrogen and oxygen atoms in total. The Labute approximate surface area is 431 Å². The Hall–Kier alpha value is -7.82. The Morgan fingerprint density at radius 2 is 1.10 bits per heavy atom. The highest BCUT2D eigenvalue weighted by Crippen LogP contribution is 2.46. The van der Waals surface area contributed by atoms with Crippen LogP contribution in [0.3, 0.4) is 0 Å². The van der Waals surface area contributed by atoms with E-state index in [0.717, 1.165) is 94.7 Å². The Balaban J connectivity index is 1.28. The van der Waals surface area contributed by atoms with Gasteiger partial charge in [0.1, 0.15) is 11.6 Å². The lowest BCUT2D eigenvalue weighted by Crippen LogP contribution is -2.10. The number of aryl methyl sites for hydroxylation is 1. The number of benzene rings is 8. The summed E-state index contributed by atoms with van der Waals surface area (Å²) in [5.41, 5.74) is 19.1. The summed E-state index contributed by atoms with van der Waals surface area (Å²) in [6.45, 7) is 19.9. The molecule has 0 aliphatic rings. The molecular formula is C68H65N3O. The summed E-state index contributed by atoms with van der Waals surface area (Å²) >= 11 is 0. The van der Waals surface area contributed by atoms with Crippen LogP contribution in [0.1, 0.15) is 112 Å². The van der Waals surface area contributed by atoms with E-state index in [1.165, 1.54) is 5.56 Å². The van der Waals surface area contributed by atoms with Crippen LogP contribution in [-0.4, -0.2) is 19.6 Å². The lowest BCUT2D eigenvalue weighted by molar-refractivity contribution is 0.466. The minimum absolute atomic E-state index is 0.0371. The van der Waals surface area contributed by atoms with E-state index >= 15 is 0 Å². The predicted octanol–water partition coefficient (Wildman–Crippen LogP) is 18.8. The fraction of sp³-hybridized carbons (Fsp3) is 0.206. The van der Waals surface area contributed by atoms with Crippen molar-refractivity contribution in [2.45, 2.75) is 92.3 Å². The van der Waals surface area contributed by atoms with Crippen LogP contribution in [0.2, 0.25) is 0 Å². The molecule has 0 saturated carbocycles. The Bertz CT molecular complexity index is 3740. The van der Waals surface area contributed by atoms with Gasteiger partial charge in [0.05, 0.1) is 28.0 Å².